The molecule has 0 aromatic carbocycles. The first kappa shape index (κ1) is 18.8. The van der Waals surface area contributed by atoms with Gasteiger partial charge in [-0.1, -0.05) is 6.92 Å². The number of rotatable bonds is 6. The number of ether oxygens (including phenoxy) is 1. The maximum absolute atomic E-state index is 12.8. The van der Waals surface area contributed by atoms with Gasteiger partial charge in [0, 0.05) is 12.0 Å². The van der Waals surface area contributed by atoms with E-state index in [0.29, 0.717) is 18.4 Å². The molecule has 2 fully saturated rings. The summed E-state index contributed by atoms with van der Waals surface area (Å²) in [5.74, 6) is 2.95. The third-order valence-corrected chi connectivity index (χ3v) is 4.86. The highest BCUT2D eigenvalue weighted by Gasteiger charge is 2.38. The Kier molecular flexibility index (Phi) is 5.04. The maximum atomic E-state index is 12.8. The zero-order valence-corrected chi connectivity index (χ0v) is 16.4. The predicted octanol–water partition coefficient (Wildman–Crippen LogP) is 3.81. The molecule has 0 saturated heterocycles. The van der Waals surface area contributed by atoms with Gasteiger partial charge in [-0.2, -0.15) is 0 Å². The predicted molar refractivity (Wildman–Crippen MR) is 97.6 cm³/mol. The van der Waals surface area contributed by atoms with Crippen LogP contribution in [0.4, 0.5) is 4.79 Å². The summed E-state index contributed by atoms with van der Waals surface area (Å²) < 4.78 is 11.2. The Morgan fingerprint density at radius 1 is 1.35 bits per heavy atom. The number of hydrogen-bond acceptors (Lipinski definition) is 4. The quantitative estimate of drug-likeness (QED) is 0.835. The normalized spacial score (nSPS) is 23.3. The number of nitrogens with zero attached hydrogens (tertiary/aromatic N) is 1. The SMILES string of the molecule is CC1CC1c1ccc(CN(C(=O)[C@@H](C)NC(=O)OC(C)(C)C)C2CC2)o1. The molecular formula is C20H30N2O4. The number of hydrogen-bond donors (Lipinski definition) is 1. The van der Waals surface area contributed by atoms with Gasteiger partial charge in [-0.05, 0) is 65.0 Å². The molecule has 144 valence electrons. The second-order valence-corrected chi connectivity index (χ2v) is 8.69. The van der Waals surface area contributed by atoms with Crippen LogP contribution in [0.5, 0.6) is 0 Å². The second-order valence-electron chi connectivity index (χ2n) is 8.69. The highest BCUT2D eigenvalue weighted by atomic mass is 16.6. The molecule has 6 nitrogen and oxygen atoms in total. The average molecular weight is 362 g/mol. The van der Waals surface area contributed by atoms with Crippen LogP contribution in [-0.4, -0.2) is 34.6 Å². The number of carbonyl (C=O) groups is 2. The molecule has 2 saturated carbocycles. The van der Waals surface area contributed by atoms with Crippen LogP contribution < -0.4 is 5.32 Å². The van der Waals surface area contributed by atoms with Crippen molar-refractivity contribution in [3.63, 3.8) is 0 Å². The van der Waals surface area contributed by atoms with Gasteiger partial charge in [0.05, 0.1) is 6.54 Å². The monoisotopic (exact) mass is 362 g/mol. The zero-order chi connectivity index (χ0) is 19.1. The van der Waals surface area contributed by atoms with E-state index in [1.807, 2.05) is 17.0 Å². The Bertz CT molecular complexity index is 672. The molecule has 1 N–H and O–H groups in total. The van der Waals surface area contributed by atoms with E-state index in [4.69, 9.17) is 9.15 Å². The number of furan rings is 1. The zero-order valence-electron chi connectivity index (χ0n) is 16.4. The van der Waals surface area contributed by atoms with Crippen LogP contribution in [0.2, 0.25) is 0 Å². The van der Waals surface area contributed by atoms with E-state index >= 15 is 0 Å². The molecule has 1 aromatic rings. The lowest BCUT2D eigenvalue weighted by atomic mass is 10.2. The fraction of sp³-hybridized carbons (Fsp3) is 0.700. The summed E-state index contributed by atoms with van der Waals surface area (Å²) >= 11 is 0. The fourth-order valence-corrected chi connectivity index (χ4v) is 3.13. The van der Waals surface area contributed by atoms with E-state index in [1.54, 1.807) is 27.7 Å². The summed E-state index contributed by atoms with van der Waals surface area (Å²) in [5.41, 5.74) is -0.590. The largest absolute Gasteiger partial charge is 0.464 e. The number of carbonyl (C=O) groups excluding carboxylic acids is 2. The lowest BCUT2D eigenvalue weighted by Crippen LogP contribution is -2.48. The second kappa shape index (κ2) is 6.97. The van der Waals surface area contributed by atoms with Crippen LogP contribution in [0, 0.1) is 5.92 Å². The molecule has 6 heteroatoms. The lowest BCUT2D eigenvalue weighted by molar-refractivity contribution is -0.134. The van der Waals surface area contributed by atoms with Crippen LogP contribution in [0.1, 0.15) is 71.3 Å². The van der Waals surface area contributed by atoms with Crippen LogP contribution in [0.15, 0.2) is 16.5 Å². The van der Waals surface area contributed by atoms with Crippen LogP contribution in [0.25, 0.3) is 0 Å². The molecule has 0 radical (unpaired) electrons. The highest BCUT2D eigenvalue weighted by molar-refractivity contribution is 5.85. The number of amides is 2. The van der Waals surface area contributed by atoms with Gasteiger partial charge in [-0.25, -0.2) is 4.79 Å². The summed E-state index contributed by atoms with van der Waals surface area (Å²) in [6.45, 7) is 9.75. The van der Waals surface area contributed by atoms with Crippen LogP contribution >= 0.6 is 0 Å². The Labute approximate surface area is 155 Å². The van der Waals surface area contributed by atoms with Crippen molar-refractivity contribution in [3.8, 4) is 0 Å². The van der Waals surface area contributed by atoms with Crippen molar-refractivity contribution in [1.82, 2.24) is 10.2 Å². The van der Waals surface area contributed by atoms with E-state index in [2.05, 4.69) is 12.2 Å². The standard InChI is InChI=1S/C20H30N2O4/c1-12-10-16(12)17-9-8-15(25-17)11-22(14-6-7-14)18(23)13(2)21-19(24)26-20(3,4)5/h8-9,12-14,16H,6-7,10-11H2,1-5H3,(H,21,24)/t12?,13-,16?/m1/s1. The Morgan fingerprint density at radius 3 is 2.54 bits per heavy atom. The van der Waals surface area contributed by atoms with Crippen molar-refractivity contribution < 1.29 is 18.7 Å². The molecule has 0 aliphatic heterocycles. The Hall–Kier alpha value is -1.98. The van der Waals surface area contributed by atoms with E-state index < -0.39 is 17.7 Å². The first-order chi connectivity index (χ1) is 12.1. The molecule has 26 heavy (non-hydrogen) atoms. The van der Waals surface area contributed by atoms with E-state index in [0.717, 1.165) is 24.4 Å². The average Bonchev–Trinajstić information content (AvgIpc) is 3.43. The van der Waals surface area contributed by atoms with E-state index in [1.165, 1.54) is 6.42 Å². The van der Waals surface area contributed by atoms with Crippen molar-refractivity contribution in [2.75, 3.05) is 0 Å². The van der Waals surface area contributed by atoms with Crippen molar-refractivity contribution in [2.45, 2.75) is 84.0 Å². The molecule has 2 unspecified atom stereocenters. The van der Waals surface area contributed by atoms with Gasteiger partial charge in [0.2, 0.25) is 5.91 Å². The Balaban J connectivity index is 1.59. The minimum absolute atomic E-state index is 0.101. The molecule has 3 atom stereocenters. The van der Waals surface area contributed by atoms with Crippen LogP contribution in [0.3, 0.4) is 0 Å². The van der Waals surface area contributed by atoms with Gasteiger partial charge in [0.1, 0.15) is 23.2 Å². The first-order valence-electron chi connectivity index (χ1n) is 9.52. The molecule has 3 rings (SSSR count). The summed E-state index contributed by atoms with van der Waals surface area (Å²) in [6.07, 6.45) is 2.60. The summed E-state index contributed by atoms with van der Waals surface area (Å²) in [7, 11) is 0. The van der Waals surface area contributed by atoms with Gasteiger partial charge in [-0.3, -0.25) is 4.79 Å². The van der Waals surface area contributed by atoms with Crippen molar-refractivity contribution in [1.29, 1.82) is 0 Å². The van der Waals surface area contributed by atoms with Gasteiger partial charge in [0.15, 0.2) is 0 Å². The molecule has 0 bridgehead atoms. The number of alkyl carbamates (subject to hydrolysis) is 1. The van der Waals surface area contributed by atoms with Crippen molar-refractivity contribution in [3.05, 3.63) is 23.7 Å². The summed E-state index contributed by atoms with van der Waals surface area (Å²) in [4.78, 5) is 26.6. The molecule has 2 amide bonds. The van der Waals surface area contributed by atoms with E-state index in [9.17, 15) is 9.59 Å². The molecule has 2 aliphatic rings. The molecule has 1 heterocycles. The minimum atomic E-state index is -0.636. The van der Waals surface area contributed by atoms with Crippen LogP contribution in [-0.2, 0) is 16.1 Å². The molecule has 1 aromatic heterocycles. The maximum Gasteiger partial charge on any atom is 0.408 e. The van der Waals surface area contributed by atoms with Gasteiger partial charge in [0.25, 0.3) is 0 Å². The van der Waals surface area contributed by atoms with E-state index in [-0.39, 0.29) is 11.9 Å². The fourth-order valence-electron chi connectivity index (χ4n) is 3.13. The van der Waals surface area contributed by atoms with Gasteiger partial charge in [-0.15, -0.1) is 0 Å². The minimum Gasteiger partial charge on any atom is -0.464 e. The van der Waals surface area contributed by atoms with Gasteiger partial charge < -0.3 is 19.4 Å². The lowest BCUT2D eigenvalue weighted by Gasteiger charge is -2.26. The highest BCUT2D eigenvalue weighted by Crippen LogP contribution is 2.47. The Morgan fingerprint density at radius 2 is 2.00 bits per heavy atom. The number of nitrogens with one attached hydrogen (secondary N) is 1. The summed E-state index contributed by atoms with van der Waals surface area (Å²) in [6, 6.07) is 3.60. The van der Waals surface area contributed by atoms with Crippen molar-refractivity contribution >= 4 is 12.0 Å². The summed E-state index contributed by atoms with van der Waals surface area (Å²) in [5, 5.41) is 2.64. The third-order valence-electron chi connectivity index (χ3n) is 4.86. The molecular weight excluding hydrogens is 332 g/mol. The third kappa shape index (κ3) is 4.80. The molecule has 0 spiro atoms. The topological polar surface area (TPSA) is 71.8 Å². The van der Waals surface area contributed by atoms with Crippen molar-refractivity contribution in [2.24, 2.45) is 5.92 Å². The smallest absolute Gasteiger partial charge is 0.408 e. The molecule has 2 aliphatic carbocycles. The van der Waals surface area contributed by atoms with Gasteiger partial charge >= 0.3 is 6.09 Å². The first-order valence-corrected chi connectivity index (χ1v) is 9.52.